The summed E-state index contributed by atoms with van der Waals surface area (Å²) in [4.78, 5) is 12.9. The second-order valence-electron chi connectivity index (χ2n) is 3.59. The lowest BCUT2D eigenvalue weighted by molar-refractivity contribution is -0.123. The molecular weight excluding hydrogens is 254 g/mol. The van der Waals surface area contributed by atoms with Crippen LogP contribution in [0.15, 0.2) is 28.7 Å². The van der Waals surface area contributed by atoms with Crippen LogP contribution in [0.4, 0.5) is 0 Å². The third kappa shape index (κ3) is 3.51. The van der Waals surface area contributed by atoms with Crippen molar-refractivity contribution in [2.45, 2.75) is 6.92 Å². The molecule has 0 aromatic heterocycles. The zero-order valence-corrected chi connectivity index (χ0v) is 10.7. The molecular formula is C12H14BrNO. The summed E-state index contributed by atoms with van der Waals surface area (Å²) in [6.07, 6.45) is 3.38. The van der Waals surface area contributed by atoms with E-state index in [0.29, 0.717) is 0 Å². The van der Waals surface area contributed by atoms with Crippen molar-refractivity contribution in [1.29, 1.82) is 0 Å². The van der Waals surface area contributed by atoms with Gasteiger partial charge >= 0.3 is 0 Å². The van der Waals surface area contributed by atoms with Gasteiger partial charge in [0.25, 0.3) is 0 Å². The predicted molar refractivity (Wildman–Crippen MR) is 66.6 cm³/mol. The maximum absolute atomic E-state index is 11.3. The van der Waals surface area contributed by atoms with Crippen molar-refractivity contribution in [2.75, 3.05) is 14.1 Å². The Hall–Kier alpha value is -1.09. The minimum absolute atomic E-state index is 0.0116. The smallest absolute Gasteiger partial charge is 0.246 e. The van der Waals surface area contributed by atoms with Crippen molar-refractivity contribution in [1.82, 2.24) is 4.90 Å². The summed E-state index contributed by atoms with van der Waals surface area (Å²) < 4.78 is 1.00. The molecule has 0 heterocycles. The highest BCUT2D eigenvalue weighted by molar-refractivity contribution is 9.10. The first-order valence-corrected chi connectivity index (χ1v) is 5.45. The number of nitrogens with zero attached hydrogens (tertiary/aromatic N) is 1. The molecule has 1 aromatic carbocycles. The summed E-state index contributed by atoms with van der Waals surface area (Å²) in [6, 6.07) is 6.03. The Morgan fingerprint density at radius 2 is 2.07 bits per heavy atom. The molecule has 3 heteroatoms. The first kappa shape index (κ1) is 12.0. The Labute approximate surface area is 98.7 Å². The number of likely N-dealkylation sites (N-methyl/N-ethyl adjacent to an activating group) is 1. The van der Waals surface area contributed by atoms with Crippen LogP contribution in [-0.2, 0) is 4.79 Å². The van der Waals surface area contributed by atoms with Crippen LogP contribution in [-0.4, -0.2) is 24.9 Å². The fourth-order valence-corrected chi connectivity index (χ4v) is 1.70. The number of hydrogen-bond donors (Lipinski definition) is 0. The highest BCUT2D eigenvalue weighted by atomic mass is 79.9. The molecule has 0 radical (unpaired) electrons. The van der Waals surface area contributed by atoms with Crippen LogP contribution in [0, 0.1) is 6.92 Å². The number of rotatable bonds is 2. The van der Waals surface area contributed by atoms with E-state index in [2.05, 4.69) is 15.9 Å². The molecule has 15 heavy (non-hydrogen) atoms. The number of carbonyl (C=O) groups excluding carboxylic acids is 1. The van der Waals surface area contributed by atoms with E-state index in [1.807, 2.05) is 31.2 Å². The second-order valence-corrected chi connectivity index (χ2v) is 4.45. The lowest BCUT2D eigenvalue weighted by atomic mass is 10.1. The van der Waals surface area contributed by atoms with Crippen LogP contribution in [0.25, 0.3) is 6.08 Å². The molecule has 0 spiro atoms. The molecule has 0 atom stereocenters. The predicted octanol–water partition coefficient (Wildman–Crippen LogP) is 2.86. The summed E-state index contributed by atoms with van der Waals surface area (Å²) >= 11 is 3.46. The van der Waals surface area contributed by atoms with Crippen LogP contribution >= 0.6 is 15.9 Å². The van der Waals surface area contributed by atoms with Crippen molar-refractivity contribution in [3.63, 3.8) is 0 Å². The molecule has 1 amide bonds. The molecule has 0 aliphatic heterocycles. The van der Waals surface area contributed by atoms with Gasteiger partial charge in [-0.15, -0.1) is 0 Å². The van der Waals surface area contributed by atoms with E-state index in [1.165, 1.54) is 5.56 Å². The molecule has 0 N–H and O–H groups in total. The Morgan fingerprint density at radius 1 is 1.40 bits per heavy atom. The quantitative estimate of drug-likeness (QED) is 0.755. The number of benzene rings is 1. The largest absolute Gasteiger partial charge is 0.345 e. The van der Waals surface area contributed by atoms with Crippen LogP contribution in [0.3, 0.4) is 0 Å². The molecule has 0 bridgehead atoms. The second kappa shape index (κ2) is 5.12. The van der Waals surface area contributed by atoms with Crippen molar-refractivity contribution < 1.29 is 4.79 Å². The molecule has 0 saturated carbocycles. The monoisotopic (exact) mass is 267 g/mol. The van der Waals surface area contributed by atoms with Gasteiger partial charge in [-0.1, -0.05) is 28.1 Å². The van der Waals surface area contributed by atoms with Gasteiger partial charge in [0.1, 0.15) is 0 Å². The van der Waals surface area contributed by atoms with Gasteiger partial charge < -0.3 is 4.90 Å². The summed E-state index contributed by atoms with van der Waals surface area (Å²) in [6.45, 7) is 2.03. The molecule has 80 valence electrons. The number of carbonyl (C=O) groups is 1. The normalized spacial score (nSPS) is 10.7. The lowest BCUT2D eigenvalue weighted by Crippen LogP contribution is -2.18. The van der Waals surface area contributed by atoms with E-state index in [9.17, 15) is 4.79 Å². The molecule has 0 fully saturated rings. The van der Waals surface area contributed by atoms with Crippen molar-refractivity contribution in [3.05, 3.63) is 39.9 Å². The van der Waals surface area contributed by atoms with Gasteiger partial charge in [0.15, 0.2) is 0 Å². The third-order valence-corrected chi connectivity index (χ3v) is 2.69. The van der Waals surface area contributed by atoms with Gasteiger partial charge in [-0.2, -0.15) is 0 Å². The van der Waals surface area contributed by atoms with E-state index in [-0.39, 0.29) is 5.91 Å². The Bertz CT molecular complexity index is 397. The summed E-state index contributed by atoms with van der Waals surface area (Å²) in [5.74, 6) is -0.0116. The Kier molecular flexibility index (Phi) is 4.09. The minimum Gasteiger partial charge on any atom is -0.345 e. The zero-order valence-electron chi connectivity index (χ0n) is 9.12. The minimum atomic E-state index is -0.0116. The van der Waals surface area contributed by atoms with Crippen LogP contribution in [0.1, 0.15) is 11.1 Å². The molecule has 0 aliphatic carbocycles. The average molecular weight is 268 g/mol. The van der Waals surface area contributed by atoms with E-state index in [1.54, 1.807) is 25.1 Å². The fraction of sp³-hybridized carbons (Fsp3) is 0.250. The topological polar surface area (TPSA) is 20.3 Å². The summed E-state index contributed by atoms with van der Waals surface area (Å²) in [5.41, 5.74) is 2.20. The van der Waals surface area contributed by atoms with Gasteiger partial charge in [0.2, 0.25) is 5.91 Å². The first-order valence-electron chi connectivity index (χ1n) is 4.66. The molecule has 0 saturated heterocycles. The molecule has 2 nitrogen and oxygen atoms in total. The average Bonchev–Trinajstić information content (AvgIpc) is 2.15. The van der Waals surface area contributed by atoms with Gasteiger partial charge in [-0.3, -0.25) is 4.79 Å². The standard InChI is InChI=1S/C12H14BrNO/c1-9-4-5-10(11(13)8-9)6-7-12(15)14(2)3/h4-8H,1-3H3/b7-6+. The highest BCUT2D eigenvalue weighted by Gasteiger charge is 1.99. The van der Waals surface area contributed by atoms with E-state index in [4.69, 9.17) is 0 Å². The maximum atomic E-state index is 11.3. The SMILES string of the molecule is Cc1ccc(/C=C/C(=O)N(C)C)c(Br)c1. The van der Waals surface area contributed by atoms with Gasteiger partial charge in [-0.25, -0.2) is 0 Å². The lowest BCUT2D eigenvalue weighted by Gasteiger charge is -2.05. The Morgan fingerprint density at radius 3 is 2.60 bits per heavy atom. The van der Waals surface area contributed by atoms with E-state index < -0.39 is 0 Å². The third-order valence-electron chi connectivity index (χ3n) is 2.00. The van der Waals surface area contributed by atoms with Gasteiger partial charge in [-0.05, 0) is 30.2 Å². The van der Waals surface area contributed by atoms with Crippen molar-refractivity contribution in [3.8, 4) is 0 Å². The highest BCUT2D eigenvalue weighted by Crippen LogP contribution is 2.19. The van der Waals surface area contributed by atoms with E-state index in [0.717, 1.165) is 10.0 Å². The van der Waals surface area contributed by atoms with Crippen LogP contribution < -0.4 is 0 Å². The fourth-order valence-electron chi connectivity index (χ4n) is 1.08. The van der Waals surface area contributed by atoms with Gasteiger partial charge in [0, 0.05) is 24.6 Å². The van der Waals surface area contributed by atoms with E-state index >= 15 is 0 Å². The molecule has 0 unspecified atom stereocenters. The van der Waals surface area contributed by atoms with Crippen molar-refractivity contribution >= 4 is 27.9 Å². The summed E-state index contributed by atoms with van der Waals surface area (Å²) in [7, 11) is 3.47. The van der Waals surface area contributed by atoms with Gasteiger partial charge in [0.05, 0.1) is 0 Å². The molecule has 0 aliphatic rings. The van der Waals surface area contributed by atoms with Crippen LogP contribution in [0.2, 0.25) is 0 Å². The maximum Gasteiger partial charge on any atom is 0.246 e. The Balaban J connectivity index is 2.85. The number of halogens is 1. The number of hydrogen-bond acceptors (Lipinski definition) is 1. The van der Waals surface area contributed by atoms with Crippen molar-refractivity contribution in [2.24, 2.45) is 0 Å². The zero-order chi connectivity index (χ0) is 11.4. The number of aryl methyl sites for hydroxylation is 1. The van der Waals surface area contributed by atoms with Crippen LogP contribution in [0.5, 0.6) is 0 Å². The first-order chi connectivity index (χ1) is 7.00. The molecule has 1 rings (SSSR count). The number of amides is 1. The summed E-state index contributed by atoms with van der Waals surface area (Å²) in [5, 5.41) is 0. The molecule has 1 aromatic rings.